The van der Waals surface area contributed by atoms with Gasteiger partial charge in [-0.05, 0) is 61.9 Å². The van der Waals surface area contributed by atoms with Crippen molar-refractivity contribution >= 4 is 27.3 Å². The number of carbonyl (C=O) groups excluding carboxylic acids is 1. The van der Waals surface area contributed by atoms with Gasteiger partial charge >= 0.3 is 0 Å². The molecule has 3 aromatic rings. The summed E-state index contributed by atoms with van der Waals surface area (Å²) in [5.74, 6) is -0.211. The maximum Gasteiger partial charge on any atom is 0.261 e. The molecule has 0 bridgehead atoms. The first kappa shape index (κ1) is 19.6. The number of nitrogens with zero attached hydrogens (tertiary/aromatic N) is 1. The van der Waals surface area contributed by atoms with Crippen LogP contribution in [0.25, 0.3) is 0 Å². The molecule has 0 spiro atoms. The molecule has 3 rings (SSSR count). The molecule has 0 aliphatic carbocycles. The highest BCUT2D eigenvalue weighted by Gasteiger charge is 2.18. The van der Waals surface area contributed by atoms with Gasteiger partial charge in [-0.2, -0.15) is 0 Å². The van der Waals surface area contributed by atoms with E-state index in [0.717, 1.165) is 16.8 Å². The van der Waals surface area contributed by atoms with Crippen molar-refractivity contribution in [3.05, 3.63) is 89.5 Å². The van der Waals surface area contributed by atoms with E-state index < -0.39 is 10.0 Å². The Hall–Kier alpha value is -3.12. The minimum atomic E-state index is -3.74. The second-order valence-corrected chi connectivity index (χ2v) is 8.33. The van der Waals surface area contributed by atoms with E-state index in [1.807, 2.05) is 56.3 Å². The standard InChI is InChI=1S/C22H22N2O3S/c1-16-9-14-21(17(2)15-16)23-28(26,27)20-12-10-18(11-13-20)22(25)24(3)19-7-5-4-6-8-19/h4-15,23H,1-3H3. The van der Waals surface area contributed by atoms with Crippen LogP contribution < -0.4 is 9.62 Å². The van der Waals surface area contributed by atoms with Gasteiger partial charge in [-0.3, -0.25) is 9.52 Å². The number of aryl methyl sites for hydroxylation is 2. The number of sulfonamides is 1. The van der Waals surface area contributed by atoms with Crippen molar-refractivity contribution in [2.45, 2.75) is 18.7 Å². The molecule has 0 saturated carbocycles. The highest BCUT2D eigenvalue weighted by Crippen LogP contribution is 2.22. The first-order valence-electron chi connectivity index (χ1n) is 8.81. The Balaban J connectivity index is 1.80. The lowest BCUT2D eigenvalue weighted by Crippen LogP contribution is -2.26. The third-order valence-electron chi connectivity index (χ3n) is 4.49. The largest absolute Gasteiger partial charge is 0.311 e. The first-order valence-corrected chi connectivity index (χ1v) is 10.3. The van der Waals surface area contributed by atoms with Gasteiger partial charge < -0.3 is 4.90 Å². The molecule has 0 saturated heterocycles. The van der Waals surface area contributed by atoms with Gasteiger partial charge in [-0.15, -0.1) is 0 Å². The van der Waals surface area contributed by atoms with E-state index in [4.69, 9.17) is 0 Å². The van der Waals surface area contributed by atoms with Gasteiger partial charge in [0.1, 0.15) is 0 Å². The Morgan fingerprint density at radius 3 is 2.14 bits per heavy atom. The number of nitrogens with one attached hydrogen (secondary N) is 1. The molecule has 28 heavy (non-hydrogen) atoms. The molecule has 0 aromatic heterocycles. The molecule has 6 heteroatoms. The Morgan fingerprint density at radius 1 is 0.893 bits per heavy atom. The van der Waals surface area contributed by atoms with Crippen molar-refractivity contribution in [1.29, 1.82) is 0 Å². The lowest BCUT2D eigenvalue weighted by atomic mass is 10.1. The molecular weight excluding hydrogens is 372 g/mol. The van der Waals surface area contributed by atoms with E-state index in [2.05, 4.69) is 4.72 Å². The number of hydrogen-bond acceptors (Lipinski definition) is 3. The fourth-order valence-electron chi connectivity index (χ4n) is 2.87. The molecule has 5 nitrogen and oxygen atoms in total. The highest BCUT2D eigenvalue weighted by atomic mass is 32.2. The third kappa shape index (κ3) is 4.23. The van der Waals surface area contributed by atoms with Crippen molar-refractivity contribution in [2.75, 3.05) is 16.7 Å². The van der Waals surface area contributed by atoms with E-state index in [1.165, 1.54) is 29.2 Å². The second kappa shape index (κ2) is 7.86. The minimum Gasteiger partial charge on any atom is -0.311 e. The van der Waals surface area contributed by atoms with Gasteiger partial charge in [0.2, 0.25) is 0 Å². The minimum absolute atomic E-state index is 0.103. The smallest absolute Gasteiger partial charge is 0.261 e. The number of hydrogen-bond donors (Lipinski definition) is 1. The monoisotopic (exact) mass is 394 g/mol. The van der Waals surface area contributed by atoms with Crippen LogP contribution in [0, 0.1) is 13.8 Å². The average molecular weight is 394 g/mol. The molecule has 1 N–H and O–H groups in total. The van der Waals surface area contributed by atoms with Gasteiger partial charge in [0.25, 0.3) is 15.9 Å². The van der Waals surface area contributed by atoms with Crippen LogP contribution in [0.5, 0.6) is 0 Å². The summed E-state index contributed by atoms with van der Waals surface area (Å²) in [6, 6.07) is 20.7. The second-order valence-electron chi connectivity index (χ2n) is 6.65. The fourth-order valence-corrected chi connectivity index (χ4v) is 4.00. The summed E-state index contributed by atoms with van der Waals surface area (Å²) < 4.78 is 27.9. The zero-order valence-electron chi connectivity index (χ0n) is 16.0. The van der Waals surface area contributed by atoms with Crippen LogP contribution in [-0.4, -0.2) is 21.4 Å². The zero-order chi connectivity index (χ0) is 20.3. The molecular formula is C22H22N2O3S. The Labute approximate surface area is 165 Å². The Kier molecular flexibility index (Phi) is 5.51. The summed E-state index contributed by atoms with van der Waals surface area (Å²) in [5, 5.41) is 0. The predicted molar refractivity (Wildman–Crippen MR) is 112 cm³/mol. The van der Waals surface area contributed by atoms with Crippen molar-refractivity contribution in [3.63, 3.8) is 0 Å². The van der Waals surface area contributed by atoms with Crippen molar-refractivity contribution in [2.24, 2.45) is 0 Å². The first-order chi connectivity index (χ1) is 13.3. The molecule has 0 radical (unpaired) electrons. The van der Waals surface area contributed by atoms with E-state index in [1.54, 1.807) is 13.1 Å². The van der Waals surface area contributed by atoms with Gasteiger partial charge in [-0.25, -0.2) is 8.42 Å². The number of rotatable bonds is 5. The van der Waals surface area contributed by atoms with Gasteiger partial charge in [0, 0.05) is 18.3 Å². The molecule has 0 unspecified atom stereocenters. The molecule has 0 aliphatic rings. The van der Waals surface area contributed by atoms with Crippen LogP contribution in [0.1, 0.15) is 21.5 Å². The SMILES string of the molecule is Cc1ccc(NS(=O)(=O)c2ccc(C(=O)N(C)c3ccccc3)cc2)c(C)c1. The molecule has 0 heterocycles. The normalized spacial score (nSPS) is 11.1. The van der Waals surface area contributed by atoms with E-state index in [-0.39, 0.29) is 10.8 Å². The lowest BCUT2D eigenvalue weighted by molar-refractivity contribution is 0.0993. The molecule has 0 atom stereocenters. The number of carbonyl (C=O) groups is 1. The van der Waals surface area contributed by atoms with E-state index in [0.29, 0.717) is 11.3 Å². The Bertz CT molecular complexity index is 1090. The van der Waals surface area contributed by atoms with Crippen molar-refractivity contribution in [3.8, 4) is 0 Å². The summed E-state index contributed by atoms with van der Waals surface area (Å²) in [4.78, 5) is 14.3. The zero-order valence-corrected chi connectivity index (χ0v) is 16.8. The predicted octanol–water partition coefficient (Wildman–Crippen LogP) is 4.38. The van der Waals surface area contributed by atoms with E-state index in [9.17, 15) is 13.2 Å². The number of anilines is 2. The summed E-state index contributed by atoms with van der Waals surface area (Å²) in [6.07, 6.45) is 0. The van der Waals surface area contributed by atoms with Crippen LogP contribution in [-0.2, 0) is 10.0 Å². The third-order valence-corrected chi connectivity index (χ3v) is 5.87. The summed E-state index contributed by atoms with van der Waals surface area (Å²) >= 11 is 0. The average Bonchev–Trinajstić information content (AvgIpc) is 2.70. The summed E-state index contributed by atoms with van der Waals surface area (Å²) in [5.41, 5.74) is 3.62. The summed E-state index contributed by atoms with van der Waals surface area (Å²) in [7, 11) is -2.05. The fraction of sp³-hybridized carbons (Fsp3) is 0.136. The molecule has 0 aliphatic heterocycles. The molecule has 3 aromatic carbocycles. The van der Waals surface area contributed by atoms with Crippen LogP contribution in [0.4, 0.5) is 11.4 Å². The maximum atomic E-state index is 12.7. The topological polar surface area (TPSA) is 66.5 Å². The molecule has 0 fully saturated rings. The van der Waals surface area contributed by atoms with Crippen LogP contribution in [0.2, 0.25) is 0 Å². The quantitative estimate of drug-likeness (QED) is 0.698. The number of para-hydroxylation sites is 1. The highest BCUT2D eigenvalue weighted by molar-refractivity contribution is 7.92. The van der Waals surface area contributed by atoms with Crippen molar-refractivity contribution < 1.29 is 13.2 Å². The van der Waals surface area contributed by atoms with Gasteiger partial charge in [0.15, 0.2) is 0 Å². The summed E-state index contributed by atoms with van der Waals surface area (Å²) in [6.45, 7) is 3.81. The van der Waals surface area contributed by atoms with Gasteiger partial charge in [-0.1, -0.05) is 35.9 Å². The van der Waals surface area contributed by atoms with Gasteiger partial charge in [0.05, 0.1) is 10.6 Å². The van der Waals surface area contributed by atoms with Crippen LogP contribution in [0.15, 0.2) is 77.7 Å². The van der Waals surface area contributed by atoms with Crippen LogP contribution >= 0.6 is 0 Å². The molecule has 144 valence electrons. The Morgan fingerprint density at radius 2 is 1.54 bits per heavy atom. The lowest BCUT2D eigenvalue weighted by Gasteiger charge is -2.17. The number of amides is 1. The van der Waals surface area contributed by atoms with E-state index >= 15 is 0 Å². The molecule has 1 amide bonds. The number of benzene rings is 3. The maximum absolute atomic E-state index is 12.7. The van der Waals surface area contributed by atoms with Crippen LogP contribution in [0.3, 0.4) is 0 Å². The van der Waals surface area contributed by atoms with Crippen molar-refractivity contribution in [1.82, 2.24) is 0 Å².